The van der Waals surface area contributed by atoms with Crippen LogP contribution in [-0.2, 0) is 6.42 Å². The predicted molar refractivity (Wildman–Crippen MR) is 89.6 cm³/mol. The van der Waals surface area contributed by atoms with Crippen molar-refractivity contribution in [3.63, 3.8) is 0 Å². The Morgan fingerprint density at radius 1 is 1.24 bits per heavy atom. The van der Waals surface area contributed by atoms with Gasteiger partial charge in [0, 0.05) is 35.6 Å². The number of anilines is 1. The third-order valence-corrected chi connectivity index (χ3v) is 5.03. The molecule has 1 aliphatic rings. The average molecular weight is 346 g/mol. The van der Waals surface area contributed by atoms with Crippen LogP contribution in [0, 0.1) is 12.8 Å². The van der Waals surface area contributed by atoms with E-state index in [1.165, 1.54) is 24.1 Å². The molecular weight excluding hydrogens is 326 g/mol. The fourth-order valence-electron chi connectivity index (χ4n) is 2.88. The molecule has 3 heterocycles. The Hall–Kier alpha value is -1.42. The van der Waals surface area contributed by atoms with E-state index in [4.69, 9.17) is 0 Å². The summed E-state index contributed by atoms with van der Waals surface area (Å²) in [5.74, 6) is 1.85. The van der Waals surface area contributed by atoms with Gasteiger partial charge in [-0.05, 0) is 71.8 Å². The van der Waals surface area contributed by atoms with E-state index in [-0.39, 0.29) is 0 Å². The summed E-state index contributed by atoms with van der Waals surface area (Å²) in [6.45, 7) is 4.29. The van der Waals surface area contributed by atoms with E-state index in [9.17, 15) is 0 Å². The van der Waals surface area contributed by atoms with E-state index in [1.54, 1.807) is 0 Å². The summed E-state index contributed by atoms with van der Waals surface area (Å²) in [6.07, 6.45) is 7.33. The average Bonchev–Trinajstić information content (AvgIpc) is 2.52. The van der Waals surface area contributed by atoms with Crippen LogP contribution in [0.2, 0.25) is 0 Å². The Bertz CT molecular complexity index is 592. The van der Waals surface area contributed by atoms with Gasteiger partial charge < -0.3 is 4.90 Å². The number of nitrogens with zero attached hydrogens (tertiary/aromatic N) is 3. The predicted octanol–water partition coefficient (Wildman–Crippen LogP) is 4.01. The molecule has 110 valence electrons. The summed E-state index contributed by atoms with van der Waals surface area (Å²) in [7, 11) is 0. The summed E-state index contributed by atoms with van der Waals surface area (Å²) in [4.78, 5) is 11.4. The van der Waals surface area contributed by atoms with E-state index < -0.39 is 0 Å². The highest BCUT2D eigenvalue weighted by molar-refractivity contribution is 9.10. The molecule has 0 radical (unpaired) electrons. The molecule has 4 heteroatoms. The van der Waals surface area contributed by atoms with E-state index in [0.717, 1.165) is 35.7 Å². The van der Waals surface area contributed by atoms with Crippen LogP contribution in [0.4, 0.5) is 5.82 Å². The van der Waals surface area contributed by atoms with Crippen molar-refractivity contribution in [3.8, 4) is 0 Å². The molecule has 0 amide bonds. The van der Waals surface area contributed by atoms with Crippen molar-refractivity contribution in [3.05, 3.63) is 52.4 Å². The molecule has 1 fully saturated rings. The zero-order valence-electron chi connectivity index (χ0n) is 12.3. The molecule has 0 aliphatic carbocycles. The lowest BCUT2D eigenvalue weighted by Crippen LogP contribution is -2.35. The first-order valence-electron chi connectivity index (χ1n) is 7.49. The summed E-state index contributed by atoms with van der Waals surface area (Å²) in [5, 5.41) is 0. The minimum atomic E-state index is 0.743. The largest absolute Gasteiger partial charge is 0.357 e. The molecule has 3 rings (SSSR count). The fourth-order valence-corrected chi connectivity index (χ4v) is 3.10. The summed E-state index contributed by atoms with van der Waals surface area (Å²) in [5.41, 5.74) is 2.46. The number of hydrogen-bond acceptors (Lipinski definition) is 3. The molecule has 0 saturated carbocycles. The third-order valence-electron chi connectivity index (χ3n) is 4.19. The van der Waals surface area contributed by atoms with Crippen LogP contribution in [0.25, 0.3) is 0 Å². The fraction of sp³-hybridized carbons (Fsp3) is 0.412. The second-order valence-corrected chi connectivity index (χ2v) is 6.60. The first-order valence-corrected chi connectivity index (χ1v) is 8.28. The topological polar surface area (TPSA) is 29.0 Å². The van der Waals surface area contributed by atoms with Gasteiger partial charge in [-0.25, -0.2) is 4.98 Å². The van der Waals surface area contributed by atoms with Crippen molar-refractivity contribution < 1.29 is 0 Å². The van der Waals surface area contributed by atoms with Gasteiger partial charge >= 0.3 is 0 Å². The van der Waals surface area contributed by atoms with Crippen LogP contribution < -0.4 is 4.90 Å². The van der Waals surface area contributed by atoms with Crippen LogP contribution in [0.1, 0.15) is 24.1 Å². The molecule has 0 aromatic carbocycles. The number of aromatic nitrogens is 2. The Morgan fingerprint density at radius 3 is 2.71 bits per heavy atom. The lowest BCUT2D eigenvalue weighted by atomic mass is 9.92. The number of hydrogen-bond donors (Lipinski definition) is 0. The zero-order valence-corrected chi connectivity index (χ0v) is 13.9. The highest BCUT2D eigenvalue weighted by Gasteiger charge is 2.21. The summed E-state index contributed by atoms with van der Waals surface area (Å²) < 4.78 is 1.08. The van der Waals surface area contributed by atoms with Gasteiger partial charge in [-0.2, -0.15) is 0 Å². The van der Waals surface area contributed by atoms with Crippen LogP contribution in [0.5, 0.6) is 0 Å². The molecule has 1 saturated heterocycles. The van der Waals surface area contributed by atoms with Gasteiger partial charge in [0.15, 0.2) is 0 Å². The molecule has 0 spiro atoms. The molecule has 21 heavy (non-hydrogen) atoms. The van der Waals surface area contributed by atoms with Crippen LogP contribution >= 0.6 is 15.9 Å². The number of piperidine rings is 1. The van der Waals surface area contributed by atoms with E-state index in [0.29, 0.717) is 0 Å². The second kappa shape index (κ2) is 6.56. The van der Waals surface area contributed by atoms with Crippen LogP contribution in [0.15, 0.2) is 41.1 Å². The quantitative estimate of drug-likeness (QED) is 0.841. The van der Waals surface area contributed by atoms with Crippen molar-refractivity contribution in [2.75, 3.05) is 18.0 Å². The van der Waals surface area contributed by atoms with Crippen molar-refractivity contribution in [2.24, 2.45) is 5.92 Å². The van der Waals surface area contributed by atoms with Gasteiger partial charge in [0.1, 0.15) is 5.82 Å². The van der Waals surface area contributed by atoms with E-state index in [2.05, 4.69) is 55.9 Å². The van der Waals surface area contributed by atoms with E-state index in [1.807, 2.05) is 18.5 Å². The third kappa shape index (κ3) is 3.62. The number of rotatable bonds is 3. The maximum absolute atomic E-state index is 4.54. The van der Waals surface area contributed by atoms with Crippen molar-refractivity contribution in [1.82, 2.24) is 9.97 Å². The second-order valence-electron chi connectivity index (χ2n) is 5.75. The highest BCUT2D eigenvalue weighted by atomic mass is 79.9. The van der Waals surface area contributed by atoms with Crippen LogP contribution in [0.3, 0.4) is 0 Å². The summed E-state index contributed by atoms with van der Waals surface area (Å²) in [6, 6.07) is 8.36. The van der Waals surface area contributed by atoms with Gasteiger partial charge in [0.05, 0.1) is 0 Å². The number of halogens is 1. The first-order chi connectivity index (χ1) is 10.2. The molecule has 1 aliphatic heterocycles. The van der Waals surface area contributed by atoms with Gasteiger partial charge in [0.2, 0.25) is 0 Å². The van der Waals surface area contributed by atoms with Gasteiger partial charge in [0.25, 0.3) is 0 Å². The SMILES string of the molecule is Cc1cc(N2CCC(Cc3ccccn3)CC2)ncc1Br. The molecule has 2 aromatic rings. The van der Waals surface area contributed by atoms with E-state index >= 15 is 0 Å². The van der Waals surface area contributed by atoms with Crippen LogP contribution in [-0.4, -0.2) is 23.1 Å². The first kappa shape index (κ1) is 14.5. The Kier molecular flexibility index (Phi) is 4.54. The van der Waals surface area contributed by atoms with Crippen molar-refractivity contribution in [2.45, 2.75) is 26.2 Å². The van der Waals surface area contributed by atoms with Gasteiger partial charge in [-0.1, -0.05) is 6.07 Å². The smallest absolute Gasteiger partial charge is 0.128 e. The molecule has 0 bridgehead atoms. The molecule has 3 nitrogen and oxygen atoms in total. The monoisotopic (exact) mass is 345 g/mol. The Balaban J connectivity index is 1.58. The highest BCUT2D eigenvalue weighted by Crippen LogP contribution is 2.26. The Morgan fingerprint density at radius 2 is 2.05 bits per heavy atom. The number of aryl methyl sites for hydroxylation is 1. The molecule has 2 aromatic heterocycles. The van der Waals surface area contributed by atoms with Crippen molar-refractivity contribution >= 4 is 21.7 Å². The lowest BCUT2D eigenvalue weighted by Gasteiger charge is -2.33. The van der Waals surface area contributed by atoms with Gasteiger partial charge in [-0.3, -0.25) is 4.98 Å². The lowest BCUT2D eigenvalue weighted by molar-refractivity contribution is 0.399. The van der Waals surface area contributed by atoms with Gasteiger partial charge in [-0.15, -0.1) is 0 Å². The molecule has 0 unspecified atom stereocenters. The minimum Gasteiger partial charge on any atom is -0.357 e. The number of pyridine rings is 2. The summed E-state index contributed by atoms with van der Waals surface area (Å²) >= 11 is 3.51. The minimum absolute atomic E-state index is 0.743. The normalized spacial score (nSPS) is 16.2. The molecular formula is C17H20BrN3. The zero-order chi connectivity index (χ0) is 14.7. The molecule has 0 N–H and O–H groups in total. The molecule has 0 atom stereocenters. The standard InChI is InChI=1S/C17H20BrN3/c1-13-10-17(20-12-16(13)18)21-8-5-14(6-9-21)11-15-4-2-3-7-19-15/h2-4,7,10,12,14H,5-6,8-9,11H2,1H3. The maximum atomic E-state index is 4.54. The maximum Gasteiger partial charge on any atom is 0.128 e. The van der Waals surface area contributed by atoms with Crippen molar-refractivity contribution in [1.29, 1.82) is 0 Å². The Labute approximate surface area is 134 Å².